The van der Waals surface area contributed by atoms with E-state index in [2.05, 4.69) is 31.2 Å². The maximum Gasteiger partial charge on any atom is 0.0746 e. The Bertz CT molecular complexity index is 394. The summed E-state index contributed by atoms with van der Waals surface area (Å²) in [5, 5.41) is 18.0. The fraction of sp³-hybridized carbons (Fsp3) is 0.786. The van der Waals surface area contributed by atoms with Crippen LogP contribution >= 0.6 is 0 Å². The molecule has 0 aliphatic carbocycles. The highest BCUT2D eigenvalue weighted by Gasteiger charge is 2.21. The van der Waals surface area contributed by atoms with Crippen molar-refractivity contribution in [2.45, 2.75) is 53.2 Å². The van der Waals surface area contributed by atoms with Gasteiger partial charge in [-0.1, -0.05) is 13.8 Å². The molecule has 1 unspecified atom stereocenters. The van der Waals surface area contributed by atoms with Gasteiger partial charge >= 0.3 is 0 Å². The van der Waals surface area contributed by atoms with E-state index >= 15 is 0 Å². The third-order valence-corrected chi connectivity index (χ3v) is 3.31. The van der Waals surface area contributed by atoms with Gasteiger partial charge < -0.3 is 10.4 Å². The van der Waals surface area contributed by atoms with Crippen molar-refractivity contribution in [3.8, 4) is 0 Å². The minimum absolute atomic E-state index is 0.503. The van der Waals surface area contributed by atoms with E-state index in [4.69, 9.17) is 0 Å². The summed E-state index contributed by atoms with van der Waals surface area (Å²) in [6, 6.07) is 0. The van der Waals surface area contributed by atoms with E-state index in [9.17, 15) is 5.11 Å². The molecule has 0 bridgehead atoms. The molecular weight excluding hydrogens is 226 g/mol. The van der Waals surface area contributed by atoms with Crippen LogP contribution < -0.4 is 5.32 Å². The van der Waals surface area contributed by atoms with Crippen molar-refractivity contribution in [2.24, 2.45) is 13.0 Å². The number of aryl methyl sites for hydroxylation is 2. The van der Waals surface area contributed by atoms with Crippen LogP contribution in [0, 0.1) is 19.8 Å². The average molecular weight is 253 g/mol. The molecule has 4 nitrogen and oxygen atoms in total. The molecule has 1 aromatic rings. The maximum absolute atomic E-state index is 10.2. The molecule has 0 aromatic carbocycles. The first kappa shape index (κ1) is 15.2. The molecule has 1 rings (SSSR count). The van der Waals surface area contributed by atoms with E-state index in [-0.39, 0.29) is 0 Å². The summed E-state index contributed by atoms with van der Waals surface area (Å²) in [4.78, 5) is 0. The molecule has 0 aliphatic heterocycles. The molecule has 0 fully saturated rings. The zero-order chi connectivity index (χ0) is 13.9. The number of nitrogens with zero attached hydrogens (tertiary/aromatic N) is 2. The summed E-state index contributed by atoms with van der Waals surface area (Å²) in [5.74, 6) is 0.503. The Hall–Kier alpha value is -0.870. The molecule has 1 aromatic heterocycles. The standard InChI is InChI=1S/C14H27N3O/c1-10(2)7-14(5,18)9-15-8-13-11(3)16-17(6)12(13)4/h10,15,18H,7-9H2,1-6H3. The van der Waals surface area contributed by atoms with Crippen molar-refractivity contribution in [3.63, 3.8) is 0 Å². The molecule has 1 heterocycles. The minimum Gasteiger partial charge on any atom is -0.389 e. The van der Waals surface area contributed by atoms with Gasteiger partial charge in [0.2, 0.25) is 0 Å². The van der Waals surface area contributed by atoms with Crippen LogP contribution in [0.5, 0.6) is 0 Å². The Labute approximate surface area is 110 Å². The fourth-order valence-corrected chi connectivity index (χ4v) is 2.48. The quantitative estimate of drug-likeness (QED) is 0.814. The first-order valence-electron chi connectivity index (χ1n) is 6.65. The third kappa shape index (κ3) is 4.10. The Balaban J connectivity index is 2.51. The van der Waals surface area contributed by atoms with Gasteiger partial charge in [0, 0.05) is 31.4 Å². The highest BCUT2D eigenvalue weighted by atomic mass is 16.3. The molecule has 2 N–H and O–H groups in total. The van der Waals surface area contributed by atoms with Crippen molar-refractivity contribution in [1.82, 2.24) is 15.1 Å². The predicted molar refractivity (Wildman–Crippen MR) is 74.5 cm³/mol. The number of aliphatic hydroxyl groups is 1. The van der Waals surface area contributed by atoms with Crippen molar-refractivity contribution in [3.05, 3.63) is 17.0 Å². The molecule has 18 heavy (non-hydrogen) atoms. The second kappa shape index (κ2) is 5.85. The Morgan fingerprint density at radius 3 is 2.44 bits per heavy atom. The van der Waals surface area contributed by atoms with Gasteiger partial charge in [0.25, 0.3) is 0 Å². The van der Waals surface area contributed by atoms with Gasteiger partial charge in [0.05, 0.1) is 11.3 Å². The zero-order valence-electron chi connectivity index (χ0n) is 12.5. The molecule has 4 heteroatoms. The largest absolute Gasteiger partial charge is 0.389 e. The monoisotopic (exact) mass is 253 g/mol. The van der Waals surface area contributed by atoms with Gasteiger partial charge in [-0.3, -0.25) is 4.68 Å². The Kier molecular flexibility index (Phi) is 4.93. The van der Waals surface area contributed by atoms with Crippen molar-refractivity contribution in [2.75, 3.05) is 6.54 Å². The number of nitrogens with one attached hydrogen (secondary N) is 1. The summed E-state index contributed by atoms with van der Waals surface area (Å²) in [7, 11) is 1.96. The van der Waals surface area contributed by atoms with E-state index in [1.54, 1.807) is 0 Å². The normalized spacial score (nSPS) is 15.1. The van der Waals surface area contributed by atoms with Gasteiger partial charge in [-0.05, 0) is 33.1 Å². The number of rotatable bonds is 6. The van der Waals surface area contributed by atoms with E-state index in [1.807, 2.05) is 25.6 Å². The van der Waals surface area contributed by atoms with E-state index in [0.717, 1.165) is 18.7 Å². The van der Waals surface area contributed by atoms with E-state index < -0.39 is 5.60 Å². The van der Waals surface area contributed by atoms with Crippen molar-refractivity contribution >= 4 is 0 Å². The van der Waals surface area contributed by atoms with Crippen LogP contribution in [0.2, 0.25) is 0 Å². The topological polar surface area (TPSA) is 50.1 Å². The second-order valence-corrected chi connectivity index (χ2v) is 5.97. The smallest absolute Gasteiger partial charge is 0.0746 e. The van der Waals surface area contributed by atoms with Crippen LogP contribution in [0.1, 0.15) is 44.1 Å². The Morgan fingerprint density at radius 2 is 2.00 bits per heavy atom. The lowest BCUT2D eigenvalue weighted by Gasteiger charge is -2.25. The third-order valence-electron chi connectivity index (χ3n) is 3.31. The Morgan fingerprint density at radius 1 is 1.39 bits per heavy atom. The fourth-order valence-electron chi connectivity index (χ4n) is 2.48. The average Bonchev–Trinajstić information content (AvgIpc) is 2.42. The molecule has 104 valence electrons. The second-order valence-electron chi connectivity index (χ2n) is 5.97. The van der Waals surface area contributed by atoms with Gasteiger partial charge in [-0.2, -0.15) is 5.10 Å². The SMILES string of the molecule is Cc1nn(C)c(C)c1CNCC(C)(O)CC(C)C. The summed E-state index contributed by atoms with van der Waals surface area (Å²) in [6.45, 7) is 11.6. The van der Waals surface area contributed by atoms with Crippen LogP contribution in [-0.4, -0.2) is 27.0 Å². The summed E-state index contributed by atoms with van der Waals surface area (Å²) >= 11 is 0. The first-order chi connectivity index (χ1) is 8.23. The lowest BCUT2D eigenvalue weighted by atomic mass is 9.94. The maximum atomic E-state index is 10.2. The van der Waals surface area contributed by atoms with E-state index in [1.165, 1.54) is 11.3 Å². The minimum atomic E-state index is -0.641. The van der Waals surface area contributed by atoms with Gasteiger partial charge in [-0.15, -0.1) is 0 Å². The lowest BCUT2D eigenvalue weighted by Crippen LogP contribution is -2.38. The molecule has 0 spiro atoms. The molecule has 0 saturated heterocycles. The highest BCUT2D eigenvalue weighted by molar-refractivity contribution is 5.23. The van der Waals surface area contributed by atoms with Crippen LogP contribution in [0.3, 0.4) is 0 Å². The van der Waals surface area contributed by atoms with Crippen molar-refractivity contribution in [1.29, 1.82) is 0 Å². The molecule has 0 amide bonds. The highest BCUT2D eigenvalue weighted by Crippen LogP contribution is 2.16. The summed E-state index contributed by atoms with van der Waals surface area (Å²) in [6.07, 6.45) is 0.811. The molecular formula is C14H27N3O. The van der Waals surface area contributed by atoms with Crippen LogP contribution in [0.15, 0.2) is 0 Å². The first-order valence-corrected chi connectivity index (χ1v) is 6.65. The summed E-state index contributed by atoms with van der Waals surface area (Å²) < 4.78 is 1.90. The molecule has 0 aliphatic rings. The van der Waals surface area contributed by atoms with Crippen LogP contribution in [0.25, 0.3) is 0 Å². The van der Waals surface area contributed by atoms with Gasteiger partial charge in [-0.25, -0.2) is 0 Å². The predicted octanol–water partition coefficient (Wildman–Crippen LogP) is 1.92. The van der Waals surface area contributed by atoms with Gasteiger partial charge in [0.15, 0.2) is 0 Å². The summed E-state index contributed by atoms with van der Waals surface area (Å²) in [5.41, 5.74) is 2.84. The van der Waals surface area contributed by atoms with Crippen LogP contribution in [-0.2, 0) is 13.6 Å². The molecule has 1 atom stereocenters. The van der Waals surface area contributed by atoms with Crippen LogP contribution in [0.4, 0.5) is 0 Å². The zero-order valence-corrected chi connectivity index (χ0v) is 12.5. The van der Waals surface area contributed by atoms with Crippen molar-refractivity contribution < 1.29 is 5.11 Å². The van der Waals surface area contributed by atoms with E-state index in [0.29, 0.717) is 12.5 Å². The molecule has 0 saturated carbocycles. The molecule has 0 radical (unpaired) electrons. The lowest BCUT2D eigenvalue weighted by molar-refractivity contribution is 0.0383. The number of hydrogen-bond acceptors (Lipinski definition) is 3. The van der Waals surface area contributed by atoms with Gasteiger partial charge in [0.1, 0.15) is 0 Å². The number of aromatic nitrogens is 2. The number of hydrogen-bond donors (Lipinski definition) is 2.